The fourth-order valence-corrected chi connectivity index (χ4v) is 2.00. The van der Waals surface area contributed by atoms with Crippen LogP contribution < -0.4 is 15.8 Å². The van der Waals surface area contributed by atoms with Gasteiger partial charge in [0.25, 0.3) is 0 Å². The molecule has 3 N–H and O–H groups in total. The molecule has 0 radical (unpaired) electrons. The SMILES string of the molecule is COc1ccc(CNC(=O)Cc2ccccc2CN)cn1. The van der Waals surface area contributed by atoms with Crippen molar-refractivity contribution in [1.82, 2.24) is 10.3 Å². The van der Waals surface area contributed by atoms with Crippen molar-refractivity contribution >= 4 is 5.91 Å². The molecule has 1 aromatic heterocycles. The van der Waals surface area contributed by atoms with E-state index >= 15 is 0 Å². The van der Waals surface area contributed by atoms with Gasteiger partial charge in [-0.2, -0.15) is 0 Å². The highest BCUT2D eigenvalue weighted by molar-refractivity contribution is 5.78. The minimum Gasteiger partial charge on any atom is -0.481 e. The van der Waals surface area contributed by atoms with Gasteiger partial charge in [-0.1, -0.05) is 30.3 Å². The first-order valence-corrected chi connectivity index (χ1v) is 6.75. The Balaban J connectivity index is 1.89. The third kappa shape index (κ3) is 4.29. The van der Waals surface area contributed by atoms with Gasteiger partial charge in [0.15, 0.2) is 0 Å². The number of amides is 1. The third-order valence-electron chi connectivity index (χ3n) is 3.19. The lowest BCUT2D eigenvalue weighted by atomic mass is 10.0. The summed E-state index contributed by atoms with van der Waals surface area (Å²) >= 11 is 0. The number of carbonyl (C=O) groups excluding carboxylic acids is 1. The minimum atomic E-state index is -0.0354. The number of methoxy groups -OCH3 is 1. The summed E-state index contributed by atoms with van der Waals surface area (Å²) in [6.07, 6.45) is 2.02. The average molecular weight is 285 g/mol. The van der Waals surface area contributed by atoms with Crippen LogP contribution in [0.3, 0.4) is 0 Å². The second-order valence-electron chi connectivity index (χ2n) is 4.64. The van der Waals surface area contributed by atoms with Crippen LogP contribution >= 0.6 is 0 Å². The highest BCUT2D eigenvalue weighted by Crippen LogP contribution is 2.09. The van der Waals surface area contributed by atoms with Crippen LogP contribution in [0.15, 0.2) is 42.6 Å². The van der Waals surface area contributed by atoms with Gasteiger partial charge < -0.3 is 15.8 Å². The first kappa shape index (κ1) is 15.0. The van der Waals surface area contributed by atoms with Crippen molar-refractivity contribution in [3.05, 3.63) is 59.3 Å². The van der Waals surface area contributed by atoms with Crippen molar-refractivity contribution in [3.8, 4) is 5.88 Å². The second kappa shape index (κ2) is 7.40. The molecule has 0 spiro atoms. The number of nitrogens with one attached hydrogen (secondary N) is 1. The number of pyridine rings is 1. The molecule has 0 saturated heterocycles. The van der Waals surface area contributed by atoms with Crippen molar-refractivity contribution in [2.24, 2.45) is 5.73 Å². The van der Waals surface area contributed by atoms with Gasteiger partial charge in [0, 0.05) is 25.4 Å². The summed E-state index contributed by atoms with van der Waals surface area (Å²) in [5, 5.41) is 2.88. The summed E-state index contributed by atoms with van der Waals surface area (Å²) in [5.74, 6) is 0.522. The van der Waals surface area contributed by atoms with E-state index in [0.29, 0.717) is 25.4 Å². The van der Waals surface area contributed by atoms with Gasteiger partial charge in [-0.3, -0.25) is 4.79 Å². The van der Waals surface area contributed by atoms with Gasteiger partial charge in [-0.25, -0.2) is 4.98 Å². The van der Waals surface area contributed by atoms with Crippen LogP contribution in [-0.4, -0.2) is 18.0 Å². The van der Waals surface area contributed by atoms with Crippen molar-refractivity contribution in [3.63, 3.8) is 0 Å². The van der Waals surface area contributed by atoms with Crippen LogP contribution in [0.4, 0.5) is 0 Å². The topological polar surface area (TPSA) is 77.2 Å². The van der Waals surface area contributed by atoms with Crippen LogP contribution in [0.1, 0.15) is 16.7 Å². The first-order valence-electron chi connectivity index (χ1n) is 6.75. The molecule has 2 aromatic rings. The van der Waals surface area contributed by atoms with E-state index in [1.807, 2.05) is 30.3 Å². The molecule has 110 valence electrons. The highest BCUT2D eigenvalue weighted by atomic mass is 16.5. The smallest absolute Gasteiger partial charge is 0.224 e. The minimum absolute atomic E-state index is 0.0354. The van der Waals surface area contributed by atoms with E-state index in [4.69, 9.17) is 10.5 Å². The van der Waals surface area contributed by atoms with Crippen LogP contribution in [0, 0.1) is 0 Å². The van der Waals surface area contributed by atoms with Crippen molar-refractivity contribution < 1.29 is 9.53 Å². The number of carbonyl (C=O) groups is 1. The maximum atomic E-state index is 12.0. The molecule has 5 nitrogen and oxygen atoms in total. The summed E-state index contributed by atoms with van der Waals surface area (Å²) in [6, 6.07) is 11.3. The molecule has 1 amide bonds. The largest absolute Gasteiger partial charge is 0.481 e. The molecule has 21 heavy (non-hydrogen) atoms. The summed E-state index contributed by atoms with van der Waals surface area (Å²) in [6.45, 7) is 0.881. The van der Waals surface area contributed by atoms with Gasteiger partial charge in [0.05, 0.1) is 13.5 Å². The number of benzene rings is 1. The molecule has 0 atom stereocenters. The molecule has 2 rings (SSSR count). The molecular formula is C16H19N3O2. The number of aromatic nitrogens is 1. The predicted molar refractivity (Wildman–Crippen MR) is 80.7 cm³/mol. The summed E-state index contributed by atoms with van der Waals surface area (Å²) in [5.41, 5.74) is 8.56. The number of nitrogens with zero attached hydrogens (tertiary/aromatic N) is 1. The van der Waals surface area contributed by atoms with Gasteiger partial charge in [0.1, 0.15) is 0 Å². The number of hydrogen-bond donors (Lipinski definition) is 2. The molecule has 0 bridgehead atoms. The Kier molecular flexibility index (Phi) is 5.29. The Morgan fingerprint density at radius 3 is 2.62 bits per heavy atom. The average Bonchev–Trinajstić information content (AvgIpc) is 2.54. The molecule has 0 aliphatic rings. The summed E-state index contributed by atoms with van der Waals surface area (Å²) in [4.78, 5) is 16.1. The fourth-order valence-electron chi connectivity index (χ4n) is 2.00. The maximum absolute atomic E-state index is 12.0. The highest BCUT2D eigenvalue weighted by Gasteiger charge is 2.07. The molecule has 0 unspecified atom stereocenters. The number of rotatable bonds is 6. The number of nitrogens with two attached hydrogens (primary N) is 1. The van der Waals surface area contributed by atoms with Crippen LogP contribution in [0.5, 0.6) is 5.88 Å². The molecule has 1 heterocycles. The quantitative estimate of drug-likeness (QED) is 0.841. The summed E-state index contributed by atoms with van der Waals surface area (Å²) < 4.78 is 4.99. The second-order valence-corrected chi connectivity index (χ2v) is 4.64. The molecule has 0 aliphatic carbocycles. The van der Waals surface area contributed by atoms with E-state index in [-0.39, 0.29) is 5.91 Å². The van der Waals surface area contributed by atoms with E-state index in [1.54, 1.807) is 19.4 Å². The zero-order valence-electron chi connectivity index (χ0n) is 12.0. The normalized spacial score (nSPS) is 10.2. The Bertz CT molecular complexity index is 597. The lowest BCUT2D eigenvalue weighted by Crippen LogP contribution is -2.25. The van der Waals surface area contributed by atoms with Crippen molar-refractivity contribution in [2.75, 3.05) is 7.11 Å². The van der Waals surface area contributed by atoms with Crippen LogP contribution in [0.2, 0.25) is 0 Å². The zero-order valence-corrected chi connectivity index (χ0v) is 12.0. The lowest BCUT2D eigenvalue weighted by Gasteiger charge is -2.09. The van der Waals surface area contributed by atoms with Gasteiger partial charge in [0.2, 0.25) is 11.8 Å². The fraction of sp³-hybridized carbons (Fsp3) is 0.250. The molecule has 0 saturated carbocycles. The number of ether oxygens (including phenoxy) is 1. The van der Waals surface area contributed by atoms with E-state index in [9.17, 15) is 4.79 Å². The molecular weight excluding hydrogens is 266 g/mol. The van der Waals surface area contributed by atoms with E-state index in [2.05, 4.69) is 10.3 Å². The van der Waals surface area contributed by atoms with Gasteiger partial charge >= 0.3 is 0 Å². The summed E-state index contributed by atoms with van der Waals surface area (Å²) in [7, 11) is 1.57. The van der Waals surface area contributed by atoms with Gasteiger partial charge in [-0.05, 0) is 16.7 Å². The van der Waals surface area contributed by atoms with Gasteiger partial charge in [-0.15, -0.1) is 0 Å². The third-order valence-corrected chi connectivity index (χ3v) is 3.19. The van der Waals surface area contributed by atoms with E-state index in [1.165, 1.54) is 0 Å². The zero-order chi connectivity index (χ0) is 15.1. The molecule has 5 heteroatoms. The van der Waals surface area contributed by atoms with Crippen molar-refractivity contribution in [2.45, 2.75) is 19.5 Å². The molecule has 1 aromatic carbocycles. The van der Waals surface area contributed by atoms with E-state index in [0.717, 1.165) is 16.7 Å². The number of hydrogen-bond acceptors (Lipinski definition) is 4. The predicted octanol–water partition coefficient (Wildman–Crippen LogP) is 1.41. The Morgan fingerprint density at radius 2 is 2.00 bits per heavy atom. The lowest BCUT2D eigenvalue weighted by molar-refractivity contribution is -0.120. The van der Waals surface area contributed by atoms with Crippen LogP contribution in [0.25, 0.3) is 0 Å². The van der Waals surface area contributed by atoms with Crippen molar-refractivity contribution in [1.29, 1.82) is 0 Å². The Morgan fingerprint density at radius 1 is 1.24 bits per heavy atom. The Hall–Kier alpha value is -2.40. The Labute approximate surface area is 124 Å². The standard InChI is InChI=1S/C16H19N3O2/c1-21-16-7-6-12(11-19-16)10-18-15(20)8-13-4-2-3-5-14(13)9-17/h2-7,11H,8-10,17H2,1H3,(H,18,20). The first-order chi connectivity index (χ1) is 10.2. The van der Waals surface area contributed by atoms with Crippen LogP contribution in [-0.2, 0) is 24.3 Å². The monoisotopic (exact) mass is 285 g/mol. The molecule has 0 aliphatic heterocycles. The van der Waals surface area contributed by atoms with E-state index < -0.39 is 0 Å². The molecule has 0 fully saturated rings. The maximum Gasteiger partial charge on any atom is 0.224 e.